The van der Waals surface area contributed by atoms with E-state index in [1.165, 1.54) is 25.1 Å². The predicted octanol–water partition coefficient (Wildman–Crippen LogP) is 2.58. The molecule has 102 valence electrons. The topological polar surface area (TPSA) is 72.8 Å². The van der Waals surface area contributed by atoms with E-state index < -0.39 is 11.9 Å². The van der Waals surface area contributed by atoms with Gasteiger partial charge in [-0.15, -0.1) is 0 Å². The van der Waals surface area contributed by atoms with Crippen molar-refractivity contribution < 1.29 is 24.2 Å². The molecule has 19 heavy (non-hydrogen) atoms. The average Bonchev–Trinajstić information content (AvgIpc) is 2.33. The SMILES string of the molecule is C=C(C)C(=O)Oc1ccc(O)c(OC(=O)CCC)c1. The van der Waals surface area contributed by atoms with Crippen molar-refractivity contribution in [3.05, 3.63) is 30.4 Å². The van der Waals surface area contributed by atoms with Crippen molar-refractivity contribution in [2.75, 3.05) is 0 Å². The second-order valence-electron chi connectivity index (χ2n) is 4.02. The first kappa shape index (κ1) is 14.8. The number of benzene rings is 1. The minimum Gasteiger partial charge on any atom is -0.504 e. The Morgan fingerprint density at radius 1 is 1.32 bits per heavy atom. The third-order valence-corrected chi connectivity index (χ3v) is 2.17. The standard InChI is InChI=1S/C14H16O5/c1-4-5-13(16)19-12-8-10(6-7-11(12)15)18-14(17)9(2)3/h6-8,15H,2,4-5H2,1,3H3. The summed E-state index contributed by atoms with van der Waals surface area (Å²) < 4.78 is 9.94. The molecule has 0 aromatic heterocycles. The second-order valence-corrected chi connectivity index (χ2v) is 4.02. The van der Waals surface area contributed by atoms with Crippen LogP contribution in [0.25, 0.3) is 0 Å². The normalized spacial score (nSPS) is 9.79. The molecule has 5 heteroatoms. The van der Waals surface area contributed by atoms with Gasteiger partial charge in [0, 0.05) is 18.1 Å². The Morgan fingerprint density at radius 3 is 2.58 bits per heavy atom. The molecule has 0 saturated carbocycles. The monoisotopic (exact) mass is 264 g/mol. The van der Waals surface area contributed by atoms with Crippen LogP contribution in [0.4, 0.5) is 0 Å². The maximum absolute atomic E-state index is 11.4. The van der Waals surface area contributed by atoms with Gasteiger partial charge in [0.15, 0.2) is 11.5 Å². The number of ether oxygens (including phenoxy) is 2. The van der Waals surface area contributed by atoms with Gasteiger partial charge in [0.1, 0.15) is 5.75 Å². The molecule has 0 radical (unpaired) electrons. The lowest BCUT2D eigenvalue weighted by Crippen LogP contribution is -2.09. The molecule has 1 aromatic carbocycles. The molecule has 0 atom stereocenters. The van der Waals surface area contributed by atoms with Crippen LogP contribution >= 0.6 is 0 Å². The van der Waals surface area contributed by atoms with Gasteiger partial charge in [0.25, 0.3) is 0 Å². The summed E-state index contributed by atoms with van der Waals surface area (Å²) in [5.74, 6) is -1.10. The summed E-state index contributed by atoms with van der Waals surface area (Å²) >= 11 is 0. The Balaban J connectivity index is 2.85. The van der Waals surface area contributed by atoms with E-state index in [1.807, 2.05) is 6.92 Å². The van der Waals surface area contributed by atoms with Crippen LogP contribution in [0, 0.1) is 0 Å². The van der Waals surface area contributed by atoms with Gasteiger partial charge >= 0.3 is 11.9 Å². The van der Waals surface area contributed by atoms with Gasteiger partial charge in [-0.2, -0.15) is 0 Å². The molecule has 0 aliphatic rings. The zero-order valence-electron chi connectivity index (χ0n) is 10.9. The molecule has 1 aromatic rings. The smallest absolute Gasteiger partial charge is 0.338 e. The Labute approximate surface area is 111 Å². The zero-order chi connectivity index (χ0) is 14.4. The number of hydrogen-bond acceptors (Lipinski definition) is 5. The Morgan fingerprint density at radius 2 is 2.00 bits per heavy atom. The molecule has 0 aliphatic heterocycles. The lowest BCUT2D eigenvalue weighted by molar-refractivity contribution is -0.134. The van der Waals surface area contributed by atoms with Gasteiger partial charge in [0.2, 0.25) is 0 Å². The molecule has 0 aliphatic carbocycles. The van der Waals surface area contributed by atoms with E-state index in [2.05, 4.69) is 6.58 Å². The number of phenolic OH excluding ortho intramolecular Hbond substituents is 1. The van der Waals surface area contributed by atoms with Crippen molar-refractivity contribution in [1.29, 1.82) is 0 Å². The molecule has 0 fully saturated rings. The van der Waals surface area contributed by atoms with Crippen molar-refractivity contribution in [1.82, 2.24) is 0 Å². The second kappa shape index (κ2) is 6.58. The summed E-state index contributed by atoms with van der Waals surface area (Å²) in [5.41, 5.74) is 0.248. The minimum atomic E-state index is -0.587. The highest BCUT2D eigenvalue weighted by Gasteiger charge is 2.12. The average molecular weight is 264 g/mol. The Kier molecular flexibility index (Phi) is 5.11. The zero-order valence-corrected chi connectivity index (χ0v) is 10.9. The predicted molar refractivity (Wildman–Crippen MR) is 69.1 cm³/mol. The molecular formula is C14H16O5. The van der Waals surface area contributed by atoms with Gasteiger partial charge in [-0.1, -0.05) is 13.5 Å². The van der Waals surface area contributed by atoms with Crippen LogP contribution in [0.2, 0.25) is 0 Å². The Hall–Kier alpha value is -2.30. The molecule has 0 bridgehead atoms. The van der Waals surface area contributed by atoms with Gasteiger partial charge in [-0.25, -0.2) is 4.79 Å². The summed E-state index contributed by atoms with van der Waals surface area (Å²) in [6, 6.07) is 3.96. The van der Waals surface area contributed by atoms with E-state index in [4.69, 9.17) is 9.47 Å². The molecule has 0 spiro atoms. The van der Waals surface area contributed by atoms with Gasteiger partial charge < -0.3 is 14.6 Å². The highest BCUT2D eigenvalue weighted by Crippen LogP contribution is 2.31. The fourth-order valence-electron chi connectivity index (χ4n) is 1.21. The molecule has 5 nitrogen and oxygen atoms in total. The summed E-state index contributed by atoms with van der Waals surface area (Å²) in [5, 5.41) is 9.56. The number of rotatable bonds is 5. The van der Waals surface area contributed by atoms with Crippen molar-refractivity contribution in [2.24, 2.45) is 0 Å². The van der Waals surface area contributed by atoms with E-state index in [1.54, 1.807) is 0 Å². The highest BCUT2D eigenvalue weighted by molar-refractivity contribution is 5.88. The van der Waals surface area contributed by atoms with Gasteiger partial charge in [-0.3, -0.25) is 4.79 Å². The maximum Gasteiger partial charge on any atom is 0.338 e. The van der Waals surface area contributed by atoms with Crippen molar-refractivity contribution in [3.8, 4) is 17.2 Å². The van der Waals surface area contributed by atoms with Crippen molar-refractivity contribution >= 4 is 11.9 Å². The first-order valence-electron chi connectivity index (χ1n) is 5.85. The van der Waals surface area contributed by atoms with Crippen molar-refractivity contribution in [3.63, 3.8) is 0 Å². The van der Waals surface area contributed by atoms with Crippen LogP contribution in [0.3, 0.4) is 0 Å². The number of phenols is 1. The molecule has 0 amide bonds. The van der Waals surface area contributed by atoms with E-state index in [0.29, 0.717) is 6.42 Å². The third kappa shape index (κ3) is 4.46. The third-order valence-electron chi connectivity index (χ3n) is 2.17. The molecular weight excluding hydrogens is 248 g/mol. The van der Waals surface area contributed by atoms with Crippen LogP contribution in [0.5, 0.6) is 17.2 Å². The van der Waals surface area contributed by atoms with E-state index in [0.717, 1.165) is 0 Å². The first-order chi connectivity index (χ1) is 8.93. The molecule has 1 rings (SSSR count). The number of carbonyl (C=O) groups excluding carboxylic acids is 2. The Bertz CT molecular complexity index is 505. The first-order valence-corrected chi connectivity index (χ1v) is 5.85. The lowest BCUT2D eigenvalue weighted by atomic mass is 10.3. The fourth-order valence-corrected chi connectivity index (χ4v) is 1.21. The van der Waals surface area contributed by atoms with E-state index >= 15 is 0 Å². The van der Waals surface area contributed by atoms with Crippen LogP contribution < -0.4 is 9.47 Å². The fraction of sp³-hybridized carbons (Fsp3) is 0.286. The molecule has 0 heterocycles. The summed E-state index contributed by atoms with van der Waals surface area (Å²) in [6.07, 6.45) is 0.888. The van der Waals surface area contributed by atoms with Crippen LogP contribution in [-0.4, -0.2) is 17.0 Å². The highest BCUT2D eigenvalue weighted by atomic mass is 16.5. The molecule has 0 saturated heterocycles. The van der Waals surface area contributed by atoms with Crippen molar-refractivity contribution in [2.45, 2.75) is 26.7 Å². The quantitative estimate of drug-likeness (QED) is 0.502. The number of hydrogen-bond donors (Lipinski definition) is 1. The lowest BCUT2D eigenvalue weighted by Gasteiger charge is -2.08. The largest absolute Gasteiger partial charge is 0.504 e. The van der Waals surface area contributed by atoms with E-state index in [-0.39, 0.29) is 29.2 Å². The van der Waals surface area contributed by atoms with Crippen LogP contribution in [0.15, 0.2) is 30.4 Å². The molecule has 0 unspecified atom stereocenters. The summed E-state index contributed by atoms with van der Waals surface area (Å²) in [7, 11) is 0. The van der Waals surface area contributed by atoms with Crippen LogP contribution in [0.1, 0.15) is 26.7 Å². The van der Waals surface area contributed by atoms with Crippen LogP contribution in [-0.2, 0) is 9.59 Å². The van der Waals surface area contributed by atoms with Gasteiger partial charge in [0.05, 0.1) is 0 Å². The van der Waals surface area contributed by atoms with Gasteiger partial charge in [-0.05, 0) is 25.5 Å². The maximum atomic E-state index is 11.4. The summed E-state index contributed by atoms with van der Waals surface area (Å²) in [4.78, 5) is 22.7. The number of aromatic hydroxyl groups is 1. The summed E-state index contributed by atoms with van der Waals surface area (Å²) in [6.45, 7) is 6.81. The number of carbonyl (C=O) groups is 2. The minimum absolute atomic E-state index is 0.0366. The number of esters is 2. The molecule has 1 N–H and O–H groups in total. The van der Waals surface area contributed by atoms with E-state index in [9.17, 15) is 14.7 Å².